The van der Waals surface area contributed by atoms with Crippen molar-refractivity contribution in [2.45, 2.75) is 85.8 Å². The van der Waals surface area contributed by atoms with Gasteiger partial charge in [-0.25, -0.2) is 15.0 Å². The molecular formula is C23H37N5O. The molecule has 0 radical (unpaired) electrons. The minimum absolute atomic E-state index is 0.136. The van der Waals surface area contributed by atoms with Crippen molar-refractivity contribution in [2.24, 2.45) is 0 Å². The summed E-state index contributed by atoms with van der Waals surface area (Å²) < 4.78 is 6.15. The third-order valence-corrected chi connectivity index (χ3v) is 4.89. The maximum Gasteiger partial charge on any atom is 0.257 e. The molecule has 0 aliphatic heterocycles. The van der Waals surface area contributed by atoms with Crippen LogP contribution in [-0.4, -0.2) is 34.1 Å². The number of nitrogens with one attached hydrogen (secondary N) is 2. The molecule has 2 aromatic heterocycles. The summed E-state index contributed by atoms with van der Waals surface area (Å²) in [5.41, 5.74) is 3.79. The van der Waals surface area contributed by atoms with E-state index in [-0.39, 0.29) is 12.1 Å². The third kappa shape index (κ3) is 5.58. The maximum absolute atomic E-state index is 6.15. The van der Waals surface area contributed by atoms with Crippen molar-refractivity contribution in [2.75, 3.05) is 17.7 Å². The molecule has 2 heterocycles. The van der Waals surface area contributed by atoms with E-state index in [0.29, 0.717) is 17.6 Å². The van der Waals surface area contributed by atoms with E-state index in [4.69, 9.17) is 19.7 Å². The van der Waals surface area contributed by atoms with Crippen molar-refractivity contribution in [1.82, 2.24) is 15.0 Å². The van der Waals surface area contributed by atoms with Crippen molar-refractivity contribution in [3.05, 3.63) is 23.5 Å². The Hall–Kier alpha value is -2.37. The maximum atomic E-state index is 6.15. The summed E-state index contributed by atoms with van der Waals surface area (Å²) in [6.07, 6.45) is 2.77. The van der Waals surface area contributed by atoms with Gasteiger partial charge in [0.2, 0.25) is 0 Å². The van der Waals surface area contributed by atoms with E-state index in [9.17, 15) is 0 Å². The molecule has 0 unspecified atom stereocenters. The molecule has 0 aliphatic carbocycles. The van der Waals surface area contributed by atoms with Crippen LogP contribution >= 0.6 is 0 Å². The van der Waals surface area contributed by atoms with Gasteiger partial charge in [0.15, 0.2) is 5.82 Å². The Morgan fingerprint density at radius 3 is 2.14 bits per heavy atom. The van der Waals surface area contributed by atoms with Crippen LogP contribution in [0.1, 0.15) is 78.6 Å². The summed E-state index contributed by atoms with van der Waals surface area (Å²) in [6.45, 7) is 14.9. The van der Waals surface area contributed by atoms with E-state index >= 15 is 0 Å². The van der Waals surface area contributed by atoms with Gasteiger partial charge >= 0.3 is 0 Å². The largest absolute Gasteiger partial charge is 0.472 e. The Morgan fingerprint density at radius 2 is 1.62 bits per heavy atom. The number of hydrogen-bond donors (Lipinski definition) is 2. The third-order valence-electron chi connectivity index (χ3n) is 4.89. The number of hydrogen-bond acceptors (Lipinski definition) is 6. The molecule has 0 bridgehead atoms. The second-order valence-corrected chi connectivity index (χ2v) is 7.92. The minimum atomic E-state index is 0.136. The smallest absolute Gasteiger partial charge is 0.257 e. The molecular weight excluding hydrogens is 362 g/mol. The predicted molar refractivity (Wildman–Crippen MR) is 122 cm³/mol. The molecule has 6 heteroatoms. The van der Waals surface area contributed by atoms with Crippen LogP contribution in [0.25, 0.3) is 11.3 Å². The molecule has 29 heavy (non-hydrogen) atoms. The van der Waals surface area contributed by atoms with Crippen LogP contribution in [0.2, 0.25) is 0 Å². The van der Waals surface area contributed by atoms with Gasteiger partial charge in [-0.2, -0.15) is 0 Å². The average Bonchev–Trinajstić information content (AvgIpc) is 2.70. The number of aryl methyl sites for hydroxylation is 1. The number of ether oxygens (including phenoxy) is 1. The monoisotopic (exact) mass is 399 g/mol. The van der Waals surface area contributed by atoms with Gasteiger partial charge in [0, 0.05) is 24.3 Å². The highest BCUT2D eigenvalue weighted by Gasteiger charge is 2.20. The Kier molecular flexibility index (Phi) is 8.23. The topological polar surface area (TPSA) is 72.0 Å². The lowest BCUT2D eigenvalue weighted by molar-refractivity contribution is 0.185. The van der Waals surface area contributed by atoms with Gasteiger partial charge in [-0.15, -0.1) is 0 Å². The zero-order chi connectivity index (χ0) is 21.6. The summed E-state index contributed by atoms with van der Waals surface area (Å²) in [7, 11) is 1.85. The zero-order valence-electron chi connectivity index (χ0n) is 19.3. The van der Waals surface area contributed by atoms with Crippen molar-refractivity contribution in [3.8, 4) is 17.1 Å². The molecule has 0 saturated heterocycles. The summed E-state index contributed by atoms with van der Waals surface area (Å²) >= 11 is 0. The normalized spacial score (nSPS) is 11.4. The Balaban J connectivity index is 2.61. The predicted octanol–water partition coefficient (Wildman–Crippen LogP) is 5.65. The van der Waals surface area contributed by atoms with Gasteiger partial charge in [-0.05, 0) is 51.2 Å². The SMILES string of the molecule is CCc1nc(OC(CC)CC)c(NC)nc1-c1ccc(C(C)C)nc1NC(C)C. The summed E-state index contributed by atoms with van der Waals surface area (Å²) in [4.78, 5) is 14.7. The van der Waals surface area contributed by atoms with E-state index in [1.165, 1.54) is 0 Å². The minimum Gasteiger partial charge on any atom is -0.472 e. The van der Waals surface area contributed by atoms with Gasteiger partial charge in [0.25, 0.3) is 5.88 Å². The lowest BCUT2D eigenvalue weighted by Crippen LogP contribution is -2.17. The Morgan fingerprint density at radius 1 is 0.931 bits per heavy atom. The molecule has 0 aromatic carbocycles. The number of pyridine rings is 1. The molecule has 6 nitrogen and oxygen atoms in total. The Bertz CT molecular complexity index is 800. The van der Waals surface area contributed by atoms with Crippen LogP contribution in [0.3, 0.4) is 0 Å². The van der Waals surface area contributed by atoms with Gasteiger partial charge < -0.3 is 15.4 Å². The first-order valence-electron chi connectivity index (χ1n) is 10.9. The van der Waals surface area contributed by atoms with Crippen LogP contribution in [-0.2, 0) is 6.42 Å². The van der Waals surface area contributed by atoms with Crippen LogP contribution in [0.4, 0.5) is 11.6 Å². The molecule has 0 atom stereocenters. The lowest BCUT2D eigenvalue weighted by Gasteiger charge is -2.20. The Labute approximate surface area is 175 Å². The van der Waals surface area contributed by atoms with Gasteiger partial charge in [-0.3, -0.25) is 0 Å². The van der Waals surface area contributed by atoms with Crippen LogP contribution in [0.5, 0.6) is 5.88 Å². The number of aromatic nitrogens is 3. The summed E-state index contributed by atoms with van der Waals surface area (Å²) in [5, 5.41) is 6.65. The zero-order valence-corrected chi connectivity index (χ0v) is 19.3. The molecule has 160 valence electrons. The summed E-state index contributed by atoms with van der Waals surface area (Å²) in [5.74, 6) is 2.45. The molecule has 0 spiro atoms. The number of anilines is 2. The standard InChI is InChI=1S/C23H37N5O/c1-9-16(10-2)29-23-22(24-8)28-20(18(11-3)27-23)17-12-13-19(14(4)5)26-21(17)25-15(6)7/h12-16H,9-11H2,1-8H3,(H,24,28)(H,25,26). The lowest BCUT2D eigenvalue weighted by atomic mass is 10.0. The first-order valence-corrected chi connectivity index (χ1v) is 10.9. The second-order valence-electron chi connectivity index (χ2n) is 7.92. The van der Waals surface area contributed by atoms with E-state index in [1.54, 1.807) is 0 Å². The van der Waals surface area contributed by atoms with Crippen molar-refractivity contribution < 1.29 is 4.74 Å². The fourth-order valence-corrected chi connectivity index (χ4v) is 3.14. The van der Waals surface area contributed by atoms with E-state index < -0.39 is 0 Å². The van der Waals surface area contributed by atoms with Gasteiger partial charge in [0.05, 0.1) is 11.4 Å². The van der Waals surface area contributed by atoms with E-state index in [0.717, 1.165) is 47.7 Å². The van der Waals surface area contributed by atoms with Crippen molar-refractivity contribution >= 4 is 11.6 Å². The quantitative estimate of drug-likeness (QED) is 0.537. The van der Waals surface area contributed by atoms with E-state index in [2.05, 4.69) is 71.2 Å². The van der Waals surface area contributed by atoms with Gasteiger partial charge in [0.1, 0.15) is 11.9 Å². The highest BCUT2D eigenvalue weighted by Crippen LogP contribution is 2.34. The van der Waals surface area contributed by atoms with Crippen LogP contribution < -0.4 is 15.4 Å². The fourth-order valence-electron chi connectivity index (χ4n) is 3.14. The highest BCUT2D eigenvalue weighted by molar-refractivity contribution is 5.76. The molecule has 0 fully saturated rings. The number of rotatable bonds is 10. The molecule has 0 saturated carbocycles. The van der Waals surface area contributed by atoms with Gasteiger partial charge in [-0.1, -0.05) is 34.6 Å². The average molecular weight is 400 g/mol. The highest BCUT2D eigenvalue weighted by atomic mass is 16.5. The first kappa shape index (κ1) is 22.9. The summed E-state index contributed by atoms with van der Waals surface area (Å²) in [6, 6.07) is 4.46. The molecule has 0 aliphatic rings. The number of nitrogens with zero attached hydrogens (tertiary/aromatic N) is 3. The molecule has 2 aromatic rings. The first-order chi connectivity index (χ1) is 13.8. The van der Waals surface area contributed by atoms with Crippen LogP contribution in [0.15, 0.2) is 12.1 Å². The second kappa shape index (κ2) is 10.4. The van der Waals surface area contributed by atoms with E-state index in [1.807, 2.05) is 7.05 Å². The van der Waals surface area contributed by atoms with Crippen molar-refractivity contribution in [3.63, 3.8) is 0 Å². The molecule has 2 N–H and O–H groups in total. The van der Waals surface area contributed by atoms with Crippen LogP contribution in [0, 0.1) is 0 Å². The van der Waals surface area contributed by atoms with Crippen molar-refractivity contribution in [1.29, 1.82) is 0 Å². The molecule has 2 rings (SSSR count). The fraction of sp³-hybridized carbons (Fsp3) is 0.609. The molecule has 0 amide bonds.